The number of fused-ring (bicyclic) bond motifs is 1. The molecule has 3 rings (SSSR count). The van der Waals surface area contributed by atoms with Gasteiger partial charge in [-0.15, -0.1) is 0 Å². The summed E-state index contributed by atoms with van der Waals surface area (Å²) in [4.78, 5) is 2.59. The Kier molecular flexibility index (Phi) is 3.81. The number of rotatable bonds is 2. The van der Waals surface area contributed by atoms with Crippen LogP contribution >= 0.6 is 11.6 Å². The molecule has 1 aliphatic rings. The Morgan fingerprint density at radius 3 is 2.58 bits per heavy atom. The van der Waals surface area contributed by atoms with E-state index in [1.807, 2.05) is 6.07 Å². The van der Waals surface area contributed by atoms with Crippen LogP contribution in [-0.2, 0) is 13.6 Å². The highest BCUT2D eigenvalue weighted by Crippen LogP contribution is 2.25. The Labute approximate surface area is 120 Å². The fourth-order valence-electron chi connectivity index (χ4n) is 3.10. The maximum atomic E-state index is 6.09. The minimum atomic E-state index is 0.815. The zero-order chi connectivity index (χ0) is 13.2. The lowest BCUT2D eigenvalue weighted by Gasteiger charge is -2.19. The molecule has 3 heteroatoms. The van der Waals surface area contributed by atoms with E-state index in [4.69, 9.17) is 11.6 Å². The minimum absolute atomic E-state index is 0.815. The van der Waals surface area contributed by atoms with Gasteiger partial charge in [-0.3, -0.25) is 4.90 Å². The maximum absolute atomic E-state index is 6.09. The Bertz CT molecular complexity index is 565. The largest absolute Gasteiger partial charge is 0.350 e. The van der Waals surface area contributed by atoms with Crippen molar-refractivity contribution in [2.24, 2.45) is 7.05 Å². The summed E-state index contributed by atoms with van der Waals surface area (Å²) in [6.07, 6.45) is 7.72. The number of hydrogen-bond donors (Lipinski definition) is 0. The van der Waals surface area contributed by atoms with Crippen molar-refractivity contribution in [1.82, 2.24) is 9.47 Å². The Hall–Kier alpha value is -0.990. The number of halogens is 1. The summed E-state index contributed by atoms with van der Waals surface area (Å²) in [6, 6.07) is 6.21. The molecule has 0 spiro atoms. The summed E-state index contributed by atoms with van der Waals surface area (Å²) in [6.45, 7) is 3.55. The molecule has 2 heterocycles. The molecule has 1 saturated heterocycles. The van der Waals surface area contributed by atoms with Gasteiger partial charge in [0.15, 0.2) is 0 Å². The Balaban J connectivity index is 1.88. The summed E-state index contributed by atoms with van der Waals surface area (Å²) in [5, 5.41) is 2.16. The van der Waals surface area contributed by atoms with Gasteiger partial charge in [-0.25, -0.2) is 0 Å². The second-order valence-electron chi connectivity index (χ2n) is 5.62. The Morgan fingerprint density at radius 1 is 1.11 bits per heavy atom. The van der Waals surface area contributed by atoms with E-state index >= 15 is 0 Å². The maximum Gasteiger partial charge on any atom is 0.0495 e. The molecule has 1 aromatic heterocycles. The SMILES string of the molecule is Cn1cc(CN2CCCCCC2)c2ccc(Cl)cc21. The summed E-state index contributed by atoms with van der Waals surface area (Å²) >= 11 is 6.09. The fourth-order valence-corrected chi connectivity index (χ4v) is 3.27. The number of hydrogen-bond acceptors (Lipinski definition) is 1. The van der Waals surface area contributed by atoms with Crippen molar-refractivity contribution in [2.75, 3.05) is 13.1 Å². The van der Waals surface area contributed by atoms with Crippen LogP contribution in [0.4, 0.5) is 0 Å². The number of likely N-dealkylation sites (tertiary alicyclic amines) is 1. The number of nitrogens with zero attached hydrogens (tertiary/aromatic N) is 2. The fraction of sp³-hybridized carbons (Fsp3) is 0.500. The van der Waals surface area contributed by atoms with Crippen LogP contribution in [0.25, 0.3) is 10.9 Å². The highest BCUT2D eigenvalue weighted by Gasteiger charge is 2.13. The molecule has 2 nitrogen and oxygen atoms in total. The van der Waals surface area contributed by atoms with Crippen molar-refractivity contribution in [3.63, 3.8) is 0 Å². The first-order chi connectivity index (χ1) is 9.24. The molecule has 0 unspecified atom stereocenters. The first-order valence-corrected chi connectivity index (χ1v) is 7.57. The molecule has 0 aliphatic carbocycles. The van der Waals surface area contributed by atoms with Gasteiger partial charge in [-0.05, 0) is 43.6 Å². The zero-order valence-corrected chi connectivity index (χ0v) is 12.3. The van der Waals surface area contributed by atoms with E-state index in [1.54, 1.807) is 0 Å². The molecule has 0 bridgehead atoms. The van der Waals surface area contributed by atoms with Gasteiger partial charge in [0.1, 0.15) is 0 Å². The van der Waals surface area contributed by atoms with Crippen molar-refractivity contribution in [2.45, 2.75) is 32.2 Å². The van der Waals surface area contributed by atoms with Crippen LogP contribution in [-0.4, -0.2) is 22.6 Å². The standard InChI is InChI=1S/C16H21ClN2/c1-18-11-13(12-19-8-4-2-3-5-9-19)15-7-6-14(17)10-16(15)18/h6-7,10-11H,2-5,8-9,12H2,1H3. The van der Waals surface area contributed by atoms with Gasteiger partial charge in [0.2, 0.25) is 0 Å². The molecule has 0 amide bonds. The molecule has 0 N–H and O–H groups in total. The highest BCUT2D eigenvalue weighted by molar-refractivity contribution is 6.31. The van der Waals surface area contributed by atoms with E-state index in [0.29, 0.717) is 0 Å². The predicted molar refractivity (Wildman–Crippen MR) is 81.7 cm³/mol. The quantitative estimate of drug-likeness (QED) is 0.798. The van der Waals surface area contributed by atoms with Crippen LogP contribution in [0.2, 0.25) is 5.02 Å². The van der Waals surface area contributed by atoms with Gasteiger partial charge in [0, 0.05) is 35.7 Å². The van der Waals surface area contributed by atoms with Crippen LogP contribution in [0, 0.1) is 0 Å². The molecule has 1 aromatic carbocycles. The molecule has 0 atom stereocenters. The topological polar surface area (TPSA) is 8.17 Å². The third-order valence-electron chi connectivity index (χ3n) is 4.13. The van der Waals surface area contributed by atoms with Crippen molar-refractivity contribution < 1.29 is 0 Å². The monoisotopic (exact) mass is 276 g/mol. The number of aromatic nitrogens is 1. The third kappa shape index (κ3) is 2.80. The van der Waals surface area contributed by atoms with Crippen molar-refractivity contribution in [3.8, 4) is 0 Å². The van der Waals surface area contributed by atoms with Crippen molar-refractivity contribution >= 4 is 22.5 Å². The highest BCUT2D eigenvalue weighted by atomic mass is 35.5. The van der Waals surface area contributed by atoms with Crippen molar-refractivity contribution in [1.29, 1.82) is 0 Å². The third-order valence-corrected chi connectivity index (χ3v) is 4.36. The molecular weight excluding hydrogens is 256 g/mol. The molecule has 0 saturated carbocycles. The molecule has 0 radical (unpaired) electrons. The van der Waals surface area contributed by atoms with Gasteiger partial charge in [-0.2, -0.15) is 0 Å². The lowest BCUT2D eigenvalue weighted by atomic mass is 10.1. The van der Waals surface area contributed by atoms with Crippen LogP contribution in [0.5, 0.6) is 0 Å². The average molecular weight is 277 g/mol. The first-order valence-electron chi connectivity index (χ1n) is 7.20. The molecule has 1 fully saturated rings. The first kappa shape index (κ1) is 13.0. The summed E-state index contributed by atoms with van der Waals surface area (Å²) in [5.74, 6) is 0. The molecule has 19 heavy (non-hydrogen) atoms. The molecule has 102 valence electrons. The van der Waals surface area contributed by atoms with Crippen LogP contribution in [0.3, 0.4) is 0 Å². The van der Waals surface area contributed by atoms with Crippen LogP contribution in [0.15, 0.2) is 24.4 Å². The smallest absolute Gasteiger partial charge is 0.0495 e. The van der Waals surface area contributed by atoms with Gasteiger partial charge < -0.3 is 4.57 Å². The molecular formula is C16H21ClN2. The second-order valence-corrected chi connectivity index (χ2v) is 6.05. The minimum Gasteiger partial charge on any atom is -0.350 e. The second kappa shape index (κ2) is 5.56. The summed E-state index contributed by atoms with van der Waals surface area (Å²) < 4.78 is 2.19. The zero-order valence-electron chi connectivity index (χ0n) is 11.5. The van der Waals surface area contributed by atoms with Crippen LogP contribution < -0.4 is 0 Å². The van der Waals surface area contributed by atoms with Crippen molar-refractivity contribution in [3.05, 3.63) is 35.0 Å². The van der Waals surface area contributed by atoms with E-state index in [0.717, 1.165) is 11.6 Å². The summed E-state index contributed by atoms with van der Waals surface area (Å²) in [7, 11) is 2.10. The van der Waals surface area contributed by atoms with E-state index in [-0.39, 0.29) is 0 Å². The average Bonchev–Trinajstić information content (AvgIpc) is 2.58. The summed E-state index contributed by atoms with van der Waals surface area (Å²) in [5.41, 5.74) is 2.66. The van der Waals surface area contributed by atoms with Gasteiger partial charge in [0.05, 0.1) is 0 Å². The van der Waals surface area contributed by atoms with Gasteiger partial charge in [-0.1, -0.05) is 30.5 Å². The number of benzene rings is 1. The molecule has 2 aromatic rings. The van der Waals surface area contributed by atoms with E-state index < -0.39 is 0 Å². The van der Waals surface area contributed by atoms with E-state index in [1.165, 1.54) is 55.2 Å². The van der Waals surface area contributed by atoms with E-state index in [9.17, 15) is 0 Å². The lowest BCUT2D eigenvalue weighted by Crippen LogP contribution is -2.23. The van der Waals surface area contributed by atoms with E-state index in [2.05, 4.69) is 34.8 Å². The Morgan fingerprint density at radius 2 is 1.84 bits per heavy atom. The lowest BCUT2D eigenvalue weighted by molar-refractivity contribution is 0.278. The number of aryl methyl sites for hydroxylation is 1. The normalized spacial score (nSPS) is 17.8. The predicted octanol–water partition coefficient (Wildman–Crippen LogP) is 4.21. The molecule has 1 aliphatic heterocycles. The van der Waals surface area contributed by atoms with Crippen LogP contribution in [0.1, 0.15) is 31.2 Å². The van der Waals surface area contributed by atoms with Gasteiger partial charge >= 0.3 is 0 Å². The van der Waals surface area contributed by atoms with Gasteiger partial charge in [0.25, 0.3) is 0 Å².